The van der Waals surface area contributed by atoms with Crippen molar-refractivity contribution in [3.8, 4) is 5.69 Å². The lowest BCUT2D eigenvalue weighted by Crippen LogP contribution is -2.23. The number of ketones is 1. The van der Waals surface area contributed by atoms with Crippen molar-refractivity contribution in [3.63, 3.8) is 0 Å². The molecule has 0 saturated heterocycles. The molecule has 0 atom stereocenters. The molecule has 3 heterocycles. The first-order chi connectivity index (χ1) is 17.4. The summed E-state index contributed by atoms with van der Waals surface area (Å²) in [6, 6.07) is 16.0. The van der Waals surface area contributed by atoms with Crippen LogP contribution in [0.3, 0.4) is 0 Å². The van der Waals surface area contributed by atoms with Crippen LogP contribution >= 0.6 is 11.8 Å². The zero-order valence-corrected chi connectivity index (χ0v) is 21.6. The molecule has 1 saturated carbocycles. The van der Waals surface area contributed by atoms with E-state index in [0.717, 1.165) is 39.3 Å². The molecule has 8 heteroatoms. The second-order valence-electron chi connectivity index (χ2n) is 9.61. The monoisotopic (exact) mass is 497 g/mol. The summed E-state index contributed by atoms with van der Waals surface area (Å²) in [6.07, 6.45) is 2.36. The summed E-state index contributed by atoms with van der Waals surface area (Å²) in [6.45, 7) is 8.08. The molecule has 5 aromatic rings. The standard InChI is InChI=1S/C28H27N5O2S/c1-16-8-7-9-17(2)25(16)33-26(35)21-10-5-6-11-23(21)32-27(33)29-30-28(32)36-15-24(34)22-14-18(3)31(19(22)4)20-12-13-20/h5-11,14,20H,12-13,15H2,1-4H3. The van der Waals surface area contributed by atoms with Gasteiger partial charge in [0, 0.05) is 23.0 Å². The lowest BCUT2D eigenvalue weighted by molar-refractivity contribution is 0.102. The maximum absolute atomic E-state index is 13.7. The number of aryl methyl sites for hydroxylation is 3. The smallest absolute Gasteiger partial charge is 0.267 e. The Labute approximate surface area is 212 Å². The summed E-state index contributed by atoms with van der Waals surface area (Å²) in [7, 11) is 0. The topological polar surface area (TPSA) is 74.2 Å². The molecule has 0 aliphatic heterocycles. The van der Waals surface area contributed by atoms with Crippen LogP contribution < -0.4 is 5.56 Å². The Morgan fingerprint density at radius 3 is 2.44 bits per heavy atom. The number of nitrogens with zero attached hydrogens (tertiary/aromatic N) is 5. The molecular formula is C28H27N5O2S. The minimum absolute atomic E-state index is 0.0733. The highest BCUT2D eigenvalue weighted by Crippen LogP contribution is 2.38. The third-order valence-corrected chi connectivity index (χ3v) is 8.02. The Hall–Kier alpha value is -3.65. The van der Waals surface area contributed by atoms with Crippen molar-refractivity contribution >= 4 is 34.2 Å². The first kappa shape index (κ1) is 22.8. The van der Waals surface area contributed by atoms with E-state index in [0.29, 0.717) is 22.4 Å². The van der Waals surface area contributed by atoms with Crippen LogP contribution in [0.15, 0.2) is 58.5 Å². The fraction of sp³-hybridized carbons (Fsp3) is 0.286. The van der Waals surface area contributed by atoms with Crippen LogP contribution in [0, 0.1) is 27.7 Å². The highest BCUT2D eigenvalue weighted by atomic mass is 32.2. The molecule has 0 radical (unpaired) electrons. The van der Waals surface area contributed by atoms with Crippen molar-refractivity contribution in [2.24, 2.45) is 0 Å². The van der Waals surface area contributed by atoms with E-state index in [1.165, 1.54) is 24.6 Å². The maximum atomic E-state index is 13.7. The first-order valence-corrected chi connectivity index (χ1v) is 13.1. The number of fused-ring (bicyclic) bond motifs is 3. The molecule has 7 nitrogen and oxygen atoms in total. The lowest BCUT2D eigenvalue weighted by atomic mass is 10.1. The van der Waals surface area contributed by atoms with Crippen molar-refractivity contribution in [1.29, 1.82) is 0 Å². The van der Waals surface area contributed by atoms with E-state index in [1.807, 2.05) is 73.7 Å². The molecule has 1 fully saturated rings. The van der Waals surface area contributed by atoms with E-state index in [-0.39, 0.29) is 17.1 Å². The third kappa shape index (κ3) is 3.51. The van der Waals surface area contributed by atoms with Crippen molar-refractivity contribution in [3.05, 3.63) is 87.0 Å². The molecule has 1 aliphatic rings. The minimum atomic E-state index is -0.136. The average Bonchev–Trinajstić information content (AvgIpc) is 3.52. The van der Waals surface area contributed by atoms with Gasteiger partial charge in [0.05, 0.1) is 22.3 Å². The summed E-state index contributed by atoms with van der Waals surface area (Å²) in [5.41, 5.74) is 6.32. The predicted molar refractivity (Wildman–Crippen MR) is 143 cm³/mol. The quantitative estimate of drug-likeness (QED) is 0.233. The van der Waals surface area contributed by atoms with Gasteiger partial charge in [-0.05, 0) is 69.9 Å². The number of hydrogen-bond acceptors (Lipinski definition) is 5. The Morgan fingerprint density at radius 2 is 1.72 bits per heavy atom. The van der Waals surface area contributed by atoms with Gasteiger partial charge in [-0.25, -0.2) is 4.57 Å². The Kier molecular flexibility index (Phi) is 5.37. The Balaban J connectivity index is 1.45. The van der Waals surface area contributed by atoms with Crippen LogP contribution in [0.25, 0.3) is 22.4 Å². The molecule has 0 N–H and O–H groups in total. The number of benzene rings is 2. The Morgan fingerprint density at radius 1 is 1.00 bits per heavy atom. The van der Waals surface area contributed by atoms with Crippen LogP contribution in [0.5, 0.6) is 0 Å². The zero-order chi connectivity index (χ0) is 25.1. The molecule has 0 unspecified atom stereocenters. The zero-order valence-electron chi connectivity index (χ0n) is 20.8. The summed E-state index contributed by atoms with van der Waals surface area (Å²) < 4.78 is 5.84. The number of carbonyl (C=O) groups excluding carboxylic acids is 1. The van der Waals surface area contributed by atoms with Crippen molar-refractivity contribution in [2.45, 2.75) is 51.7 Å². The largest absolute Gasteiger partial charge is 0.345 e. The number of carbonyl (C=O) groups is 1. The van der Waals surface area contributed by atoms with Crippen LogP contribution in [-0.2, 0) is 0 Å². The van der Waals surface area contributed by atoms with Crippen LogP contribution in [0.1, 0.15) is 51.8 Å². The fourth-order valence-electron chi connectivity index (χ4n) is 5.29. The van der Waals surface area contributed by atoms with Gasteiger partial charge in [0.2, 0.25) is 5.78 Å². The van der Waals surface area contributed by atoms with Crippen LogP contribution in [0.2, 0.25) is 0 Å². The van der Waals surface area contributed by atoms with E-state index in [9.17, 15) is 9.59 Å². The van der Waals surface area contributed by atoms with Crippen molar-refractivity contribution in [2.75, 3.05) is 5.75 Å². The van der Waals surface area contributed by atoms with Gasteiger partial charge in [-0.3, -0.25) is 14.0 Å². The van der Waals surface area contributed by atoms with Gasteiger partial charge in [-0.15, -0.1) is 10.2 Å². The summed E-state index contributed by atoms with van der Waals surface area (Å²) in [5.74, 6) is 0.758. The van der Waals surface area contributed by atoms with E-state index in [1.54, 1.807) is 4.57 Å². The predicted octanol–water partition coefficient (Wildman–Crippen LogP) is 5.38. The number of Topliss-reactive ketones (excluding diaryl/α,β-unsaturated/α-hetero) is 1. The van der Waals surface area contributed by atoms with E-state index in [4.69, 9.17) is 0 Å². The highest BCUT2D eigenvalue weighted by Gasteiger charge is 2.28. The van der Waals surface area contributed by atoms with E-state index in [2.05, 4.69) is 21.7 Å². The van der Waals surface area contributed by atoms with Gasteiger partial charge in [-0.2, -0.15) is 0 Å². The fourth-order valence-corrected chi connectivity index (χ4v) is 6.12. The molecule has 6 rings (SSSR count). The summed E-state index contributed by atoms with van der Waals surface area (Å²) in [5, 5.41) is 10.1. The summed E-state index contributed by atoms with van der Waals surface area (Å²) >= 11 is 1.36. The number of aromatic nitrogens is 5. The molecule has 0 bridgehead atoms. The molecule has 0 amide bonds. The number of para-hydroxylation sites is 2. The molecular weight excluding hydrogens is 470 g/mol. The molecule has 0 spiro atoms. The lowest BCUT2D eigenvalue weighted by Gasteiger charge is -2.15. The molecule has 1 aliphatic carbocycles. The van der Waals surface area contributed by atoms with Crippen molar-refractivity contribution in [1.82, 2.24) is 23.7 Å². The SMILES string of the molecule is Cc1cccc(C)c1-n1c(=O)c2ccccc2n2c(SCC(=O)c3cc(C)n(C4CC4)c3C)nnc12. The molecule has 182 valence electrons. The highest BCUT2D eigenvalue weighted by molar-refractivity contribution is 7.99. The third-order valence-electron chi connectivity index (χ3n) is 7.09. The number of rotatable bonds is 6. The molecule has 3 aromatic heterocycles. The summed E-state index contributed by atoms with van der Waals surface area (Å²) in [4.78, 5) is 26.9. The van der Waals surface area contributed by atoms with Gasteiger partial charge >= 0.3 is 0 Å². The van der Waals surface area contributed by atoms with E-state index >= 15 is 0 Å². The minimum Gasteiger partial charge on any atom is -0.345 e. The molecule has 36 heavy (non-hydrogen) atoms. The average molecular weight is 498 g/mol. The maximum Gasteiger partial charge on any atom is 0.267 e. The second-order valence-corrected chi connectivity index (χ2v) is 10.6. The Bertz CT molecular complexity index is 1720. The van der Waals surface area contributed by atoms with Gasteiger partial charge in [0.1, 0.15) is 0 Å². The number of hydrogen-bond donors (Lipinski definition) is 0. The van der Waals surface area contributed by atoms with Crippen LogP contribution in [-0.4, -0.2) is 35.3 Å². The number of thioether (sulfide) groups is 1. The van der Waals surface area contributed by atoms with E-state index < -0.39 is 0 Å². The first-order valence-electron chi connectivity index (χ1n) is 12.2. The van der Waals surface area contributed by atoms with Gasteiger partial charge in [0.15, 0.2) is 10.9 Å². The van der Waals surface area contributed by atoms with Gasteiger partial charge < -0.3 is 4.57 Å². The van der Waals surface area contributed by atoms with Gasteiger partial charge in [-0.1, -0.05) is 42.1 Å². The normalized spacial score (nSPS) is 13.7. The van der Waals surface area contributed by atoms with Crippen molar-refractivity contribution < 1.29 is 4.79 Å². The molecule has 2 aromatic carbocycles. The van der Waals surface area contributed by atoms with Gasteiger partial charge in [0.25, 0.3) is 5.56 Å². The second kappa shape index (κ2) is 8.48. The van der Waals surface area contributed by atoms with Crippen LogP contribution in [0.4, 0.5) is 0 Å².